The molecule has 2 amide bonds. The molecular formula is C21H24FN3O3. The van der Waals surface area contributed by atoms with Gasteiger partial charge in [0.1, 0.15) is 11.6 Å². The smallest absolute Gasteiger partial charge is 0.262 e. The lowest BCUT2D eigenvalue weighted by Gasteiger charge is -2.33. The van der Waals surface area contributed by atoms with Crippen molar-refractivity contribution in [1.29, 1.82) is 0 Å². The third-order valence-electron chi connectivity index (χ3n) is 4.74. The van der Waals surface area contributed by atoms with E-state index >= 15 is 0 Å². The van der Waals surface area contributed by atoms with Crippen molar-refractivity contribution in [2.24, 2.45) is 0 Å². The molecule has 0 radical (unpaired) electrons. The molecule has 1 unspecified atom stereocenters. The van der Waals surface area contributed by atoms with Crippen molar-refractivity contribution in [3.63, 3.8) is 0 Å². The van der Waals surface area contributed by atoms with Gasteiger partial charge in [-0.1, -0.05) is 24.3 Å². The number of rotatable bonds is 6. The fourth-order valence-corrected chi connectivity index (χ4v) is 3.23. The van der Waals surface area contributed by atoms with E-state index in [2.05, 4.69) is 10.6 Å². The summed E-state index contributed by atoms with van der Waals surface area (Å²) in [4.78, 5) is 26.8. The summed E-state index contributed by atoms with van der Waals surface area (Å²) in [6.07, 6.45) is 1.97. The average Bonchev–Trinajstić information content (AvgIpc) is 2.73. The Morgan fingerprint density at radius 2 is 1.93 bits per heavy atom. The summed E-state index contributed by atoms with van der Waals surface area (Å²) in [5.74, 6) is -0.802. The number of carbonyl (C=O) groups is 2. The molecule has 28 heavy (non-hydrogen) atoms. The van der Waals surface area contributed by atoms with Crippen LogP contribution in [0.2, 0.25) is 0 Å². The number of ether oxygens (including phenoxy) is 1. The SMILES string of the molecule is CNC1CCCN(C(=O)c2ccccc2OCC(=O)Nc2ccccc2F)C1. The van der Waals surface area contributed by atoms with E-state index in [9.17, 15) is 14.0 Å². The van der Waals surface area contributed by atoms with Crippen LogP contribution in [0, 0.1) is 5.82 Å². The van der Waals surface area contributed by atoms with E-state index in [1.54, 1.807) is 41.3 Å². The first kappa shape index (κ1) is 19.8. The predicted octanol–water partition coefficient (Wildman–Crippen LogP) is 2.67. The van der Waals surface area contributed by atoms with Crippen LogP contribution in [-0.4, -0.2) is 49.5 Å². The topological polar surface area (TPSA) is 70.7 Å². The standard InChI is InChI=1S/C21H24FN3O3/c1-23-15-7-6-12-25(13-15)21(27)16-8-2-5-11-19(16)28-14-20(26)24-18-10-4-3-9-17(18)22/h2-5,8-11,15,23H,6-7,12-14H2,1H3,(H,24,26). The fraction of sp³-hybridized carbons (Fsp3) is 0.333. The van der Waals surface area contributed by atoms with Gasteiger partial charge in [-0.3, -0.25) is 9.59 Å². The Labute approximate surface area is 163 Å². The van der Waals surface area contributed by atoms with Crippen molar-refractivity contribution < 1.29 is 18.7 Å². The number of piperidine rings is 1. The third kappa shape index (κ3) is 4.86. The minimum atomic E-state index is -0.518. The number of para-hydroxylation sites is 2. The normalized spacial score (nSPS) is 16.5. The van der Waals surface area contributed by atoms with Crippen molar-refractivity contribution in [2.45, 2.75) is 18.9 Å². The Balaban J connectivity index is 1.64. The zero-order valence-electron chi connectivity index (χ0n) is 15.8. The minimum Gasteiger partial charge on any atom is -0.483 e. The molecule has 1 aliphatic rings. The zero-order valence-corrected chi connectivity index (χ0v) is 15.8. The first-order valence-electron chi connectivity index (χ1n) is 9.31. The molecule has 1 aliphatic heterocycles. The van der Waals surface area contributed by atoms with E-state index < -0.39 is 11.7 Å². The molecule has 1 saturated heterocycles. The van der Waals surface area contributed by atoms with E-state index in [1.165, 1.54) is 12.1 Å². The van der Waals surface area contributed by atoms with E-state index in [0.29, 0.717) is 24.4 Å². The van der Waals surface area contributed by atoms with Crippen LogP contribution < -0.4 is 15.4 Å². The van der Waals surface area contributed by atoms with Crippen LogP contribution in [0.3, 0.4) is 0 Å². The van der Waals surface area contributed by atoms with Gasteiger partial charge < -0.3 is 20.3 Å². The second kappa shape index (κ2) is 9.32. The Hall–Kier alpha value is -2.93. The molecule has 6 nitrogen and oxygen atoms in total. The summed E-state index contributed by atoms with van der Waals surface area (Å²) < 4.78 is 19.2. The largest absolute Gasteiger partial charge is 0.483 e. The van der Waals surface area contributed by atoms with Crippen molar-refractivity contribution in [3.05, 3.63) is 59.9 Å². The van der Waals surface area contributed by atoms with Crippen LogP contribution in [0.1, 0.15) is 23.2 Å². The van der Waals surface area contributed by atoms with Crippen LogP contribution in [0.5, 0.6) is 5.75 Å². The van der Waals surface area contributed by atoms with Crippen molar-refractivity contribution in [1.82, 2.24) is 10.2 Å². The van der Waals surface area contributed by atoms with Crippen LogP contribution in [0.4, 0.5) is 10.1 Å². The monoisotopic (exact) mass is 385 g/mol. The van der Waals surface area contributed by atoms with E-state index in [-0.39, 0.29) is 24.2 Å². The Morgan fingerprint density at radius 3 is 2.71 bits per heavy atom. The number of hydrogen-bond donors (Lipinski definition) is 2. The third-order valence-corrected chi connectivity index (χ3v) is 4.74. The molecule has 2 aromatic carbocycles. The molecule has 0 bridgehead atoms. The quantitative estimate of drug-likeness (QED) is 0.802. The highest BCUT2D eigenvalue weighted by molar-refractivity contribution is 5.97. The zero-order chi connectivity index (χ0) is 19.9. The highest BCUT2D eigenvalue weighted by Crippen LogP contribution is 2.22. The maximum absolute atomic E-state index is 13.6. The number of halogens is 1. The molecule has 3 rings (SSSR count). The lowest BCUT2D eigenvalue weighted by Crippen LogP contribution is -2.47. The van der Waals surface area contributed by atoms with Gasteiger partial charge in [-0.25, -0.2) is 4.39 Å². The molecule has 148 valence electrons. The summed E-state index contributed by atoms with van der Waals surface area (Å²) >= 11 is 0. The average molecular weight is 385 g/mol. The second-order valence-electron chi connectivity index (χ2n) is 6.69. The minimum absolute atomic E-state index is 0.0897. The Morgan fingerprint density at radius 1 is 1.18 bits per heavy atom. The Bertz CT molecular complexity index is 843. The van der Waals surface area contributed by atoms with Gasteiger partial charge in [-0.05, 0) is 44.2 Å². The van der Waals surface area contributed by atoms with E-state index in [0.717, 1.165) is 12.8 Å². The second-order valence-corrected chi connectivity index (χ2v) is 6.69. The van der Waals surface area contributed by atoms with Crippen molar-refractivity contribution in [2.75, 3.05) is 32.1 Å². The van der Waals surface area contributed by atoms with Gasteiger partial charge >= 0.3 is 0 Å². The number of carbonyl (C=O) groups excluding carboxylic acids is 2. The van der Waals surface area contributed by atoms with Crippen LogP contribution in [-0.2, 0) is 4.79 Å². The summed E-state index contributed by atoms with van der Waals surface area (Å²) in [6, 6.07) is 13.0. The van der Waals surface area contributed by atoms with Gasteiger partial charge in [0.15, 0.2) is 6.61 Å². The highest BCUT2D eigenvalue weighted by Gasteiger charge is 2.25. The maximum Gasteiger partial charge on any atom is 0.262 e. The fourth-order valence-electron chi connectivity index (χ4n) is 3.23. The molecular weight excluding hydrogens is 361 g/mol. The van der Waals surface area contributed by atoms with Gasteiger partial charge in [-0.2, -0.15) is 0 Å². The first-order chi connectivity index (χ1) is 13.6. The highest BCUT2D eigenvalue weighted by atomic mass is 19.1. The number of likely N-dealkylation sites (N-methyl/N-ethyl adjacent to an activating group) is 1. The molecule has 0 aromatic heterocycles. The van der Waals surface area contributed by atoms with Crippen LogP contribution in [0.25, 0.3) is 0 Å². The van der Waals surface area contributed by atoms with E-state index in [4.69, 9.17) is 4.74 Å². The number of amides is 2. The molecule has 2 aromatic rings. The molecule has 1 atom stereocenters. The summed E-state index contributed by atoms with van der Waals surface area (Å²) in [6.45, 7) is 1.01. The van der Waals surface area contributed by atoms with Crippen molar-refractivity contribution >= 4 is 17.5 Å². The molecule has 0 aliphatic carbocycles. The maximum atomic E-state index is 13.6. The molecule has 7 heteroatoms. The summed E-state index contributed by atoms with van der Waals surface area (Å²) in [5, 5.41) is 5.68. The molecule has 0 spiro atoms. The summed E-state index contributed by atoms with van der Waals surface area (Å²) in [5.41, 5.74) is 0.504. The Kier molecular flexibility index (Phi) is 6.60. The van der Waals surface area contributed by atoms with Gasteiger partial charge in [0.2, 0.25) is 0 Å². The molecule has 1 fully saturated rings. The van der Waals surface area contributed by atoms with Gasteiger partial charge in [0, 0.05) is 19.1 Å². The predicted molar refractivity (Wildman–Crippen MR) is 105 cm³/mol. The molecule has 0 saturated carbocycles. The van der Waals surface area contributed by atoms with E-state index in [1.807, 2.05) is 7.05 Å². The lowest BCUT2D eigenvalue weighted by atomic mass is 10.0. The summed E-state index contributed by atoms with van der Waals surface area (Å²) in [7, 11) is 1.89. The van der Waals surface area contributed by atoms with Gasteiger partial charge in [0.25, 0.3) is 11.8 Å². The van der Waals surface area contributed by atoms with Crippen molar-refractivity contribution in [3.8, 4) is 5.75 Å². The molecule has 2 N–H and O–H groups in total. The van der Waals surface area contributed by atoms with Crippen LogP contribution in [0.15, 0.2) is 48.5 Å². The molecule has 1 heterocycles. The number of nitrogens with zero attached hydrogens (tertiary/aromatic N) is 1. The number of nitrogens with one attached hydrogen (secondary N) is 2. The van der Waals surface area contributed by atoms with Crippen LogP contribution >= 0.6 is 0 Å². The number of benzene rings is 2. The number of hydrogen-bond acceptors (Lipinski definition) is 4. The lowest BCUT2D eigenvalue weighted by molar-refractivity contribution is -0.118. The van der Waals surface area contributed by atoms with Gasteiger partial charge in [-0.15, -0.1) is 0 Å². The number of likely N-dealkylation sites (tertiary alicyclic amines) is 1. The number of anilines is 1. The first-order valence-corrected chi connectivity index (χ1v) is 9.31. The van der Waals surface area contributed by atoms with Gasteiger partial charge in [0.05, 0.1) is 11.3 Å².